The normalized spacial score (nSPS) is 22.1. The molecule has 4 nitrogen and oxygen atoms in total. The van der Waals surface area contributed by atoms with Crippen LogP contribution < -0.4 is 0 Å². The van der Waals surface area contributed by atoms with Gasteiger partial charge >= 0.3 is 14.4 Å². The third-order valence-electron chi connectivity index (χ3n) is 5.02. The summed E-state index contributed by atoms with van der Waals surface area (Å²) in [6.45, 7) is 17.3. The third-order valence-corrected chi connectivity index (χ3v) is 5.02. The smallest absolute Gasteiger partial charge is 0.436 e. The van der Waals surface area contributed by atoms with Gasteiger partial charge < -0.3 is 18.7 Å². The number of hydrogen-bond acceptors (Lipinski definition) is 4. The Hall–Kier alpha value is -0.0301. The molecule has 0 atom stereocenters. The summed E-state index contributed by atoms with van der Waals surface area (Å²) in [5, 5.41) is 0. The molecule has 0 aromatic rings. The molecule has 20 heavy (non-hydrogen) atoms. The summed E-state index contributed by atoms with van der Waals surface area (Å²) >= 11 is 0. The van der Waals surface area contributed by atoms with E-state index in [9.17, 15) is 0 Å². The Kier molecular flexibility index (Phi) is 5.08. The molecule has 0 radical (unpaired) electrons. The highest BCUT2D eigenvalue weighted by Gasteiger charge is 2.52. The molecule has 1 fully saturated rings. The van der Waals surface area contributed by atoms with Crippen LogP contribution in [-0.4, -0.2) is 44.9 Å². The molecule has 0 spiro atoms. The first-order chi connectivity index (χ1) is 8.85. The lowest BCUT2D eigenvalue weighted by molar-refractivity contribution is -0.0513. The van der Waals surface area contributed by atoms with E-state index >= 15 is 0 Å². The Balaban J connectivity index is 2.61. The molecule has 0 aromatic carbocycles. The van der Waals surface area contributed by atoms with Crippen molar-refractivity contribution in [3.63, 3.8) is 0 Å². The van der Waals surface area contributed by atoms with Crippen LogP contribution in [0.3, 0.4) is 0 Å². The van der Waals surface area contributed by atoms with Gasteiger partial charge in [-0.25, -0.2) is 0 Å². The van der Waals surface area contributed by atoms with Crippen molar-refractivity contribution in [2.75, 3.05) is 13.7 Å². The molecule has 0 aromatic heterocycles. The predicted molar refractivity (Wildman–Crippen MR) is 84.1 cm³/mol. The molecule has 0 bridgehead atoms. The van der Waals surface area contributed by atoms with E-state index in [4.69, 9.17) is 18.7 Å². The van der Waals surface area contributed by atoms with Gasteiger partial charge in [0.1, 0.15) is 0 Å². The maximum absolute atomic E-state index is 6.09. The van der Waals surface area contributed by atoms with Gasteiger partial charge in [-0.15, -0.1) is 0 Å². The van der Waals surface area contributed by atoms with Crippen molar-refractivity contribution < 1.29 is 18.7 Å². The van der Waals surface area contributed by atoms with Crippen LogP contribution in [0.25, 0.3) is 0 Å². The molecule has 1 heterocycles. The lowest BCUT2D eigenvalue weighted by Gasteiger charge is -2.41. The van der Waals surface area contributed by atoms with Crippen molar-refractivity contribution in [3.8, 4) is 0 Å². The fraction of sp³-hybridized carbons (Fsp3) is 1.00. The Morgan fingerprint density at radius 3 is 1.85 bits per heavy atom. The van der Waals surface area contributed by atoms with E-state index in [1.165, 1.54) is 0 Å². The Bertz CT molecular complexity index is 324. The first-order valence-corrected chi connectivity index (χ1v) is 7.33. The van der Waals surface area contributed by atoms with Crippen LogP contribution in [0.5, 0.6) is 0 Å². The van der Waals surface area contributed by atoms with Crippen molar-refractivity contribution in [1.29, 1.82) is 0 Å². The van der Waals surface area contributed by atoms with Crippen LogP contribution in [0, 0.1) is 5.41 Å². The minimum Gasteiger partial charge on any atom is -0.436 e. The van der Waals surface area contributed by atoms with E-state index in [0.717, 1.165) is 0 Å². The molecule has 1 aliphatic rings. The minimum atomic E-state index is -0.327. The van der Waals surface area contributed by atoms with Gasteiger partial charge in [-0.2, -0.15) is 0 Å². The lowest BCUT2D eigenvalue weighted by Crippen LogP contribution is -2.48. The topological polar surface area (TPSA) is 36.9 Å². The summed E-state index contributed by atoms with van der Waals surface area (Å²) in [4.78, 5) is 0. The zero-order valence-electron chi connectivity index (χ0n) is 14.6. The summed E-state index contributed by atoms with van der Waals surface area (Å²) in [6, 6.07) is 0. The van der Waals surface area contributed by atoms with Crippen molar-refractivity contribution in [3.05, 3.63) is 0 Å². The van der Waals surface area contributed by atoms with Gasteiger partial charge in [-0.3, -0.25) is 0 Å². The Morgan fingerprint density at radius 2 is 1.45 bits per heavy atom. The van der Waals surface area contributed by atoms with Gasteiger partial charge in [0.15, 0.2) is 0 Å². The van der Waals surface area contributed by atoms with Gasteiger partial charge in [0.25, 0.3) is 0 Å². The van der Waals surface area contributed by atoms with Crippen LogP contribution in [0.4, 0.5) is 0 Å². The molecular formula is C14H30B2O4. The van der Waals surface area contributed by atoms with Crippen molar-refractivity contribution in [2.24, 2.45) is 5.41 Å². The van der Waals surface area contributed by atoms with Crippen molar-refractivity contribution in [2.45, 2.75) is 72.2 Å². The molecule has 0 saturated carbocycles. The van der Waals surface area contributed by atoms with Crippen LogP contribution in [0.15, 0.2) is 0 Å². The van der Waals surface area contributed by atoms with E-state index in [-0.39, 0.29) is 29.2 Å². The van der Waals surface area contributed by atoms with Gasteiger partial charge in [-0.05, 0) is 41.5 Å². The highest BCUT2D eigenvalue weighted by molar-refractivity contribution is 7.03. The molecule has 6 heteroatoms. The second-order valence-corrected chi connectivity index (χ2v) is 7.82. The molecule has 0 N–H and O–H groups in total. The monoisotopic (exact) mass is 284 g/mol. The Labute approximate surface area is 125 Å². The highest BCUT2D eigenvalue weighted by atomic mass is 16.7. The molecular weight excluding hydrogens is 254 g/mol. The van der Waals surface area contributed by atoms with Crippen molar-refractivity contribution >= 4 is 14.4 Å². The molecule has 0 amide bonds. The largest absolute Gasteiger partial charge is 0.441 e. The molecule has 0 aliphatic carbocycles. The van der Waals surface area contributed by atoms with E-state index in [0.29, 0.717) is 14.0 Å². The van der Waals surface area contributed by atoms with Crippen LogP contribution in [-0.2, 0) is 18.7 Å². The summed E-state index contributed by atoms with van der Waals surface area (Å²) in [5.41, 5.74) is -1.04. The number of ether oxygens (including phenoxy) is 1. The lowest BCUT2D eigenvalue weighted by atomic mass is 9.55. The summed E-state index contributed by atoms with van der Waals surface area (Å²) < 4.78 is 23.3. The van der Waals surface area contributed by atoms with Crippen molar-refractivity contribution in [1.82, 2.24) is 0 Å². The van der Waals surface area contributed by atoms with Gasteiger partial charge in [0.05, 0.1) is 23.4 Å². The maximum atomic E-state index is 6.09. The van der Waals surface area contributed by atoms with E-state index in [2.05, 4.69) is 27.7 Å². The fourth-order valence-electron chi connectivity index (χ4n) is 2.04. The first kappa shape index (κ1) is 18.0. The standard InChI is InChI=1S/C14H30B2O4/c1-11(2,10-17-9)12(3,4)18-15-16-19-13(5,6)14(7,8)20-16/h15H,10H2,1-9H3. The first-order valence-electron chi connectivity index (χ1n) is 7.33. The number of methoxy groups -OCH3 is 1. The quantitative estimate of drug-likeness (QED) is 0.702. The van der Waals surface area contributed by atoms with Crippen LogP contribution in [0.2, 0.25) is 0 Å². The van der Waals surface area contributed by atoms with E-state index < -0.39 is 0 Å². The average molecular weight is 284 g/mol. The molecule has 1 saturated heterocycles. The zero-order valence-corrected chi connectivity index (χ0v) is 14.6. The molecule has 1 aliphatic heterocycles. The summed E-state index contributed by atoms with van der Waals surface area (Å²) in [7, 11) is 1.82. The molecule has 116 valence electrons. The Morgan fingerprint density at radius 1 is 1.00 bits per heavy atom. The minimum absolute atomic E-state index is 0.0919. The zero-order chi connectivity index (χ0) is 15.8. The van der Waals surface area contributed by atoms with Crippen LogP contribution in [0.1, 0.15) is 55.4 Å². The molecule has 0 unspecified atom stereocenters. The highest BCUT2D eigenvalue weighted by Crippen LogP contribution is 2.38. The summed E-state index contributed by atoms with van der Waals surface area (Å²) in [6.07, 6.45) is 0. The van der Waals surface area contributed by atoms with Gasteiger partial charge in [0.2, 0.25) is 0 Å². The average Bonchev–Trinajstić information content (AvgIpc) is 2.44. The number of hydrogen-bond donors (Lipinski definition) is 0. The van der Waals surface area contributed by atoms with Gasteiger partial charge in [-0.1, -0.05) is 13.8 Å². The maximum Gasteiger partial charge on any atom is 0.441 e. The third kappa shape index (κ3) is 3.59. The van der Waals surface area contributed by atoms with Crippen LogP contribution >= 0.6 is 0 Å². The SMILES string of the molecule is COCC(C)(C)C(C)(C)OBB1OC(C)(C)C(C)(C)O1. The fourth-order valence-corrected chi connectivity index (χ4v) is 2.04. The second-order valence-electron chi connectivity index (χ2n) is 7.82. The number of rotatable bonds is 6. The van der Waals surface area contributed by atoms with E-state index in [1.54, 1.807) is 7.11 Å². The molecule has 1 rings (SSSR count). The summed E-state index contributed by atoms with van der Waals surface area (Å²) in [5.74, 6) is 0. The second kappa shape index (κ2) is 5.64. The van der Waals surface area contributed by atoms with E-state index in [1.807, 2.05) is 27.7 Å². The van der Waals surface area contributed by atoms with Gasteiger partial charge in [0, 0.05) is 12.5 Å². The predicted octanol–water partition coefficient (Wildman–Crippen LogP) is 2.39.